The molecule has 190 valence electrons. The maximum atomic E-state index is 13.1. The highest BCUT2D eigenvalue weighted by atomic mass is 32.2. The first kappa shape index (κ1) is 24.6. The number of benzene rings is 2. The summed E-state index contributed by atoms with van der Waals surface area (Å²) in [5, 5.41) is 3.14. The lowest BCUT2D eigenvalue weighted by Crippen LogP contribution is -2.42. The maximum Gasteiger partial charge on any atom is 0.341 e. The normalized spacial score (nSPS) is 14.5. The third-order valence-electron chi connectivity index (χ3n) is 6.00. The highest BCUT2D eigenvalue weighted by Crippen LogP contribution is 2.34. The quantitative estimate of drug-likeness (QED) is 0.368. The Morgan fingerprint density at radius 2 is 1.95 bits per heavy atom. The number of amides is 2. The van der Waals surface area contributed by atoms with E-state index in [1.807, 2.05) is 24.3 Å². The highest BCUT2D eigenvalue weighted by molar-refractivity contribution is 8.00. The summed E-state index contributed by atoms with van der Waals surface area (Å²) < 4.78 is 16.1. The summed E-state index contributed by atoms with van der Waals surface area (Å²) in [6, 6.07) is 16.1. The number of thioether (sulfide) groups is 1. The fourth-order valence-corrected chi connectivity index (χ4v) is 5.01. The molecular formula is C27H25N3O6S. The van der Waals surface area contributed by atoms with Crippen molar-refractivity contribution in [1.29, 1.82) is 0 Å². The predicted octanol–water partition coefficient (Wildman–Crippen LogP) is 4.07. The van der Waals surface area contributed by atoms with Crippen LogP contribution in [-0.4, -0.2) is 48.0 Å². The van der Waals surface area contributed by atoms with Gasteiger partial charge in [-0.2, -0.15) is 0 Å². The smallest absolute Gasteiger partial charge is 0.341 e. The van der Waals surface area contributed by atoms with Crippen LogP contribution in [0.3, 0.4) is 0 Å². The molecule has 9 nitrogen and oxygen atoms in total. The van der Waals surface area contributed by atoms with E-state index in [1.54, 1.807) is 42.2 Å². The number of rotatable bonds is 7. The molecule has 2 amide bonds. The molecule has 0 spiro atoms. The minimum absolute atomic E-state index is 0.0186. The highest BCUT2D eigenvalue weighted by Gasteiger charge is 2.29. The molecule has 0 fully saturated rings. The third kappa shape index (κ3) is 5.54. The van der Waals surface area contributed by atoms with Crippen molar-refractivity contribution in [1.82, 2.24) is 4.98 Å². The Labute approximate surface area is 218 Å². The molecule has 5 rings (SSSR count). The Bertz CT molecular complexity index is 1350. The van der Waals surface area contributed by atoms with Crippen molar-refractivity contribution in [3.05, 3.63) is 71.9 Å². The van der Waals surface area contributed by atoms with Gasteiger partial charge < -0.3 is 24.4 Å². The van der Waals surface area contributed by atoms with Crippen LogP contribution >= 0.6 is 11.8 Å². The first-order valence-corrected chi connectivity index (χ1v) is 12.9. The van der Waals surface area contributed by atoms with Crippen molar-refractivity contribution >= 4 is 40.9 Å². The third-order valence-corrected chi connectivity index (χ3v) is 7.00. The monoisotopic (exact) mass is 519 g/mol. The van der Waals surface area contributed by atoms with Gasteiger partial charge in [-0.1, -0.05) is 30.0 Å². The number of hydrogen-bond acceptors (Lipinski definition) is 8. The summed E-state index contributed by atoms with van der Waals surface area (Å²) >= 11 is 1.11. The number of anilines is 2. The van der Waals surface area contributed by atoms with Gasteiger partial charge in [0.1, 0.15) is 5.03 Å². The van der Waals surface area contributed by atoms with E-state index < -0.39 is 12.1 Å². The minimum atomic E-state index is -0.981. The van der Waals surface area contributed by atoms with Gasteiger partial charge in [0.25, 0.3) is 5.91 Å². The summed E-state index contributed by atoms with van der Waals surface area (Å²) in [4.78, 5) is 44.5. The van der Waals surface area contributed by atoms with Gasteiger partial charge in [-0.3, -0.25) is 9.59 Å². The fourth-order valence-electron chi connectivity index (χ4n) is 4.22. The van der Waals surface area contributed by atoms with Crippen LogP contribution in [0.1, 0.15) is 29.3 Å². The zero-order valence-electron chi connectivity index (χ0n) is 20.1. The van der Waals surface area contributed by atoms with Crippen molar-refractivity contribution in [2.45, 2.75) is 30.9 Å². The number of aromatic nitrogens is 1. The molecule has 1 atom stereocenters. The number of nitrogens with zero attached hydrogens (tertiary/aromatic N) is 2. The predicted molar refractivity (Wildman–Crippen MR) is 138 cm³/mol. The summed E-state index contributed by atoms with van der Waals surface area (Å²) in [7, 11) is 0. The first-order chi connectivity index (χ1) is 18.0. The Kier molecular flexibility index (Phi) is 7.27. The Balaban J connectivity index is 1.20. The van der Waals surface area contributed by atoms with Crippen LogP contribution in [0.5, 0.6) is 11.5 Å². The fraction of sp³-hybridized carbons (Fsp3) is 0.259. The molecule has 0 radical (unpaired) electrons. The summed E-state index contributed by atoms with van der Waals surface area (Å²) in [5.74, 6) is -0.0102. The van der Waals surface area contributed by atoms with E-state index in [-0.39, 0.29) is 29.9 Å². The number of aryl methyl sites for hydroxylation is 1. The van der Waals surface area contributed by atoms with Crippen molar-refractivity contribution in [3.8, 4) is 11.5 Å². The number of carbonyl (C=O) groups is 3. The number of carbonyl (C=O) groups excluding carboxylic acids is 3. The van der Waals surface area contributed by atoms with Crippen LogP contribution in [-0.2, 0) is 20.7 Å². The van der Waals surface area contributed by atoms with E-state index in [0.717, 1.165) is 35.9 Å². The van der Waals surface area contributed by atoms with Gasteiger partial charge >= 0.3 is 5.97 Å². The number of pyridine rings is 1. The lowest BCUT2D eigenvalue weighted by molar-refractivity contribution is -0.126. The molecule has 1 N–H and O–H groups in total. The summed E-state index contributed by atoms with van der Waals surface area (Å²) in [5.41, 5.74) is 2.72. The zero-order valence-corrected chi connectivity index (χ0v) is 21.0. The number of fused-ring (bicyclic) bond motifs is 2. The zero-order chi connectivity index (χ0) is 25.8. The SMILES string of the molecule is C[C@H](OC(=O)c1cccnc1SCC(=O)Nc1ccc2c(c1)OCO2)C(=O)N1CCCc2ccccc21. The molecule has 37 heavy (non-hydrogen) atoms. The van der Waals surface area contributed by atoms with E-state index in [9.17, 15) is 14.4 Å². The van der Waals surface area contributed by atoms with Crippen LogP contribution < -0.4 is 19.7 Å². The van der Waals surface area contributed by atoms with Crippen LogP contribution in [0.15, 0.2) is 65.8 Å². The molecule has 0 saturated heterocycles. The van der Waals surface area contributed by atoms with E-state index in [0.29, 0.717) is 28.8 Å². The van der Waals surface area contributed by atoms with Crippen LogP contribution in [0.4, 0.5) is 11.4 Å². The molecule has 1 aromatic heterocycles. The number of para-hydroxylation sites is 1. The molecule has 2 aliphatic heterocycles. The molecule has 0 bridgehead atoms. The molecule has 0 saturated carbocycles. The second kappa shape index (κ2) is 10.9. The molecular weight excluding hydrogens is 494 g/mol. The summed E-state index contributed by atoms with van der Waals surface area (Å²) in [6.07, 6.45) is 2.31. The van der Waals surface area contributed by atoms with Gasteiger partial charge in [-0.05, 0) is 55.7 Å². The molecule has 0 unspecified atom stereocenters. The molecule has 2 aliphatic rings. The lowest BCUT2D eigenvalue weighted by atomic mass is 10.0. The topological polar surface area (TPSA) is 107 Å². The first-order valence-electron chi connectivity index (χ1n) is 11.9. The lowest BCUT2D eigenvalue weighted by Gasteiger charge is -2.31. The number of nitrogens with one attached hydrogen (secondary N) is 1. The van der Waals surface area contributed by atoms with Crippen molar-refractivity contribution in [2.24, 2.45) is 0 Å². The second-order valence-corrected chi connectivity index (χ2v) is 9.49. The minimum Gasteiger partial charge on any atom is -0.454 e. The number of hydrogen-bond donors (Lipinski definition) is 1. The number of ether oxygens (including phenoxy) is 3. The van der Waals surface area contributed by atoms with Gasteiger partial charge in [0.05, 0.1) is 11.3 Å². The van der Waals surface area contributed by atoms with E-state index >= 15 is 0 Å². The van der Waals surface area contributed by atoms with Crippen LogP contribution in [0.25, 0.3) is 0 Å². The van der Waals surface area contributed by atoms with Gasteiger partial charge in [0, 0.05) is 30.2 Å². The van der Waals surface area contributed by atoms with Gasteiger partial charge in [0.2, 0.25) is 12.7 Å². The van der Waals surface area contributed by atoms with Crippen LogP contribution in [0.2, 0.25) is 0 Å². The van der Waals surface area contributed by atoms with Crippen molar-refractivity contribution < 1.29 is 28.6 Å². The van der Waals surface area contributed by atoms with Crippen molar-refractivity contribution in [3.63, 3.8) is 0 Å². The standard InChI is InChI=1S/C27H25N3O6S/c1-17(26(32)30-13-5-7-18-6-2-3-9-21(18)30)36-27(33)20-8-4-12-28-25(20)37-15-24(31)29-19-10-11-22-23(14-19)35-16-34-22/h2-4,6,8-12,14,17H,5,7,13,15-16H2,1H3,(H,29,31)/t17-/m0/s1. The van der Waals surface area contributed by atoms with Gasteiger partial charge in [0.15, 0.2) is 17.6 Å². The van der Waals surface area contributed by atoms with Crippen LogP contribution in [0, 0.1) is 0 Å². The average Bonchev–Trinajstić information content (AvgIpc) is 3.39. The molecule has 3 heterocycles. The maximum absolute atomic E-state index is 13.1. The Hall–Kier alpha value is -4.05. The van der Waals surface area contributed by atoms with Gasteiger partial charge in [-0.15, -0.1) is 0 Å². The van der Waals surface area contributed by atoms with E-state index in [4.69, 9.17) is 14.2 Å². The van der Waals surface area contributed by atoms with E-state index in [2.05, 4.69) is 10.3 Å². The Morgan fingerprint density at radius 1 is 1.11 bits per heavy atom. The summed E-state index contributed by atoms with van der Waals surface area (Å²) in [6.45, 7) is 2.29. The number of esters is 1. The Morgan fingerprint density at radius 3 is 2.84 bits per heavy atom. The average molecular weight is 520 g/mol. The molecule has 2 aromatic carbocycles. The van der Waals surface area contributed by atoms with Crippen molar-refractivity contribution in [2.75, 3.05) is 29.3 Å². The molecule has 10 heteroatoms. The van der Waals surface area contributed by atoms with Gasteiger partial charge in [-0.25, -0.2) is 9.78 Å². The van der Waals surface area contributed by atoms with E-state index in [1.165, 1.54) is 6.20 Å². The molecule has 3 aromatic rings. The second-order valence-electron chi connectivity index (χ2n) is 8.53. The largest absolute Gasteiger partial charge is 0.454 e. The molecule has 0 aliphatic carbocycles.